The molecule has 1 unspecified atom stereocenters. The third-order valence-corrected chi connectivity index (χ3v) is 3.11. The number of aryl methyl sites for hydroxylation is 2. The van der Waals surface area contributed by atoms with Gasteiger partial charge < -0.3 is 5.73 Å². The zero-order chi connectivity index (χ0) is 13.1. The van der Waals surface area contributed by atoms with Gasteiger partial charge in [-0.15, -0.1) is 0 Å². The normalized spacial score (nSPS) is 14.0. The number of hydrogen-bond donors (Lipinski definition) is 1. The van der Waals surface area contributed by atoms with Crippen LogP contribution in [0.15, 0.2) is 6.07 Å². The highest BCUT2D eigenvalue weighted by Crippen LogP contribution is 2.26. The summed E-state index contributed by atoms with van der Waals surface area (Å²) in [5.41, 5.74) is 8.97. The van der Waals surface area contributed by atoms with E-state index >= 15 is 0 Å². The zero-order valence-corrected chi connectivity index (χ0v) is 12.0. The fraction of sp³-hybridized carbons (Fsp3) is 0.786. The highest BCUT2D eigenvalue weighted by molar-refractivity contribution is 5.14. The van der Waals surface area contributed by atoms with Crippen LogP contribution in [0.1, 0.15) is 64.9 Å². The third kappa shape index (κ3) is 4.15. The minimum atomic E-state index is 0.113. The molecule has 0 radical (unpaired) electrons. The second-order valence-electron chi connectivity index (χ2n) is 5.94. The lowest BCUT2D eigenvalue weighted by atomic mass is 9.88. The van der Waals surface area contributed by atoms with Gasteiger partial charge in [0.25, 0.3) is 0 Å². The molecule has 0 bridgehead atoms. The van der Waals surface area contributed by atoms with Crippen molar-refractivity contribution in [2.45, 2.75) is 66.5 Å². The standard InChI is InChI=1S/C14H27N3/c1-6-11-10-13(17(7-2)16-11)12(15)8-9-14(3,4)5/h10,12H,6-9,15H2,1-5H3. The van der Waals surface area contributed by atoms with E-state index in [-0.39, 0.29) is 6.04 Å². The van der Waals surface area contributed by atoms with E-state index < -0.39 is 0 Å². The van der Waals surface area contributed by atoms with Crippen molar-refractivity contribution in [2.75, 3.05) is 0 Å². The molecule has 1 atom stereocenters. The molecule has 1 heterocycles. The topological polar surface area (TPSA) is 43.8 Å². The van der Waals surface area contributed by atoms with Crippen LogP contribution in [0.25, 0.3) is 0 Å². The highest BCUT2D eigenvalue weighted by Gasteiger charge is 2.17. The van der Waals surface area contributed by atoms with Gasteiger partial charge in [0.05, 0.1) is 11.4 Å². The molecular weight excluding hydrogens is 210 g/mol. The number of nitrogens with two attached hydrogens (primary N) is 1. The Morgan fingerprint density at radius 3 is 2.47 bits per heavy atom. The van der Waals surface area contributed by atoms with Crippen LogP contribution < -0.4 is 5.73 Å². The molecule has 1 rings (SSSR count). The van der Waals surface area contributed by atoms with Crippen LogP contribution in [0, 0.1) is 5.41 Å². The average molecular weight is 237 g/mol. The van der Waals surface area contributed by atoms with Crippen LogP contribution in [0.3, 0.4) is 0 Å². The largest absolute Gasteiger partial charge is 0.323 e. The van der Waals surface area contributed by atoms with Gasteiger partial charge in [0, 0.05) is 12.6 Å². The fourth-order valence-electron chi connectivity index (χ4n) is 1.95. The molecule has 98 valence electrons. The SMILES string of the molecule is CCc1cc(C(N)CCC(C)(C)C)n(CC)n1. The summed E-state index contributed by atoms with van der Waals surface area (Å²) in [6.45, 7) is 11.9. The quantitative estimate of drug-likeness (QED) is 0.854. The van der Waals surface area contributed by atoms with Crippen molar-refractivity contribution >= 4 is 0 Å². The summed E-state index contributed by atoms with van der Waals surface area (Å²) < 4.78 is 2.05. The van der Waals surface area contributed by atoms with Gasteiger partial charge in [-0.1, -0.05) is 27.7 Å². The van der Waals surface area contributed by atoms with Gasteiger partial charge in [-0.2, -0.15) is 5.10 Å². The summed E-state index contributed by atoms with van der Waals surface area (Å²) in [6, 6.07) is 2.28. The predicted molar refractivity (Wildman–Crippen MR) is 72.9 cm³/mol. The lowest BCUT2D eigenvalue weighted by molar-refractivity contribution is 0.345. The van der Waals surface area contributed by atoms with Crippen molar-refractivity contribution in [3.05, 3.63) is 17.5 Å². The second kappa shape index (κ2) is 5.67. The Morgan fingerprint density at radius 2 is 2.00 bits per heavy atom. The van der Waals surface area contributed by atoms with E-state index in [2.05, 4.69) is 45.8 Å². The Morgan fingerprint density at radius 1 is 1.35 bits per heavy atom. The minimum absolute atomic E-state index is 0.113. The molecule has 0 fully saturated rings. The van der Waals surface area contributed by atoms with Gasteiger partial charge in [-0.05, 0) is 37.7 Å². The molecule has 0 saturated heterocycles. The molecule has 0 spiro atoms. The molecule has 0 aromatic carbocycles. The van der Waals surface area contributed by atoms with E-state index in [1.54, 1.807) is 0 Å². The summed E-state index contributed by atoms with van der Waals surface area (Å²) in [5.74, 6) is 0. The monoisotopic (exact) mass is 237 g/mol. The summed E-state index contributed by atoms with van der Waals surface area (Å²) in [5, 5.41) is 4.55. The fourth-order valence-corrected chi connectivity index (χ4v) is 1.95. The number of nitrogens with zero attached hydrogens (tertiary/aromatic N) is 2. The van der Waals surface area contributed by atoms with E-state index in [1.165, 1.54) is 5.69 Å². The average Bonchev–Trinajstić information content (AvgIpc) is 2.68. The van der Waals surface area contributed by atoms with Gasteiger partial charge in [-0.25, -0.2) is 0 Å². The molecule has 0 saturated carbocycles. The molecule has 17 heavy (non-hydrogen) atoms. The molecule has 3 heteroatoms. The van der Waals surface area contributed by atoms with Crippen LogP contribution in [0.5, 0.6) is 0 Å². The van der Waals surface area contributed by atoms with Crippen molar-refractivity contribution in [3.8, 4) is 0 Å². The molecule has 1 aromatic heterocycles. The van der Waals surface area contributed by atoms with E-state index in [0.29, 0.717) is 5.41 Å². The molecule has 0 amide bonds. The van der Waals surface area contributed by atoms with Crippen molar-refractivity contribution in [2.24, 2.45) is 11.1 Å². The van der Waals surface area contributed by atoms with Crippen molar-refractivity contribution in [1.82, 2.24) is 9.78 Å². The summed E-state index contributed by atoms with van der Waals surface area (Å²) in [6.07, 6.45) is 3.15. The number of hydrogen-bond acceptors (Lipinski definition) is 2. The molecular formula is C14H27N3. The first-order chi connectivity index (χ1) is 7.87. The Hall–Kier alpha value is -0.830. The van der Waals surface area contributed by atoms with Gasteiger partial charge in [-0.3, -0.25) is 4.68 Å². The number of rotatable bonds is 5. The van der Waals surface area contributed by atoms with E-state index in [1.807, 2.05) is 4.68 Å². The smallest absolute Gasteiger partial charge is 0.0625 e. The molecule has 1 aromatic rings. The molecule has 0 aliphatic rings. The minimum Gasteiger partial charge on any atom is -0.323 e. The molecule has 3 nitrogen and oxygen atoms in total. The van der Waals surface area contributed by atoms with Crippen molar-refractivity contribution in [1.29, 1.82) is 0 Å². The first-order valence-corrected chi connectivity index (χ1v) is 6.69. The van der Waals surface area contributed by atoms with Gasteiger partial charge in [0.1, 0.15) is 0 Å². The predicted octanol–water partition coefficient (Wildman–Crippen LogP) is 3.29. The van der Waals surface area contributed by atoms with Gasteiger partial charge in [0.15, 0.2) is 0 Å². The highest BCUT2D eigenvalue weighted by atomic mass is 15.3. The lowest BCUT2D eigenvalue weighted by Gasteiger charge is -2.21. The van der Waals surface area contributed by atoms with Gasteiger partial charge in [0.2, 0.25) is 0 Å². The van der Waals surface area contributed by atoms with Crippen LogP contribution in [-0.4, -0.2) is 9.78 Å². The number of aromatic nitrogens is 2. The Bertz CT molecular complexity index is 347. The van der Waals surface area contributed by atoms with Crippen molar-refractivity contribution in [3.63, 3.8) is 0 Å². The Kier molecular flexibility index (Phi) is 4.75. The Labute approximate surface area is 105 Å². The lowest BCUT2D eigenvalue weighted by Crippen LogP contribution is -2.18. The maximum absolute atomic E-state index is 6.29. The Balaban J connectivity index is 2.73. The van der Waals surface area contributed by atoms with Crippen molar-refractivity contribution < 1.29 is 0 Å². The first kappa shape index (κ1) is 14.2. The maximum atomic E-state index is 6.29. The third-order valence-electron chi connectivity index (χ3n) is 3.11. The second-order valence-corrected chi connectivity index (χ2v) is 5.94. The summed E-state index contributed by atoms with van der Waals surface area (Å²) in [7, 11) is 0. The van der Waals surface area contributed by atoms with Gasteiger partial charge >= 0.3 is 0 Å². The molecule has 2 N–H and O–H groups in total. The van der Waals surface area contributed by atoms with Crippen LogP contribution >= 0.6 is 0 Å². The molecule has 0 aliphatic carbocycles. The van der Waals surface area contributed by atoms with E-state index in [9.17, 15) is 0 Å². The summed E-state index contributed by atoms with van der Waals surface area (Å²) in [4.78, 5) is 0. The maximum Gasteiger partial charge on any atom is 0.0625 e. The first-order valence-electron chi connectivity index (χ1n) is 6.69. The van der Waals surface area contributed by atoms with Crippen LogP contribution in [0.4, 0.5) is 0 Å². The van der Waals surface area contributed by atoms with Crippen LogP contribution in [0.2, 0.25) is 0 Å². The van der Waals surface area contributed by atoms with Crippen LogP contribution in [-0.2, 0) is 13.0 Å². The van der Waals surface area contributed by atoms with E-state index in [0.717, 1.165) is 31.5 Å². The molecule has 0 aliphatic heterocycles. The summed E-state index contributed by atoms with van der Waals surface area (Å²) >= 11 is 0. The van der Waals surface area contributed by atoms with E-state index in [4.69, 9.17) is 5.73 Å². The zero-order valence-electron chi connectivity index (χ0n) is 12.0.